The van der Waals surface area contributed by atoms with Crippen molar-refractivity contribution in [1.29, 1.82) is 0 Å². The summed E-state index contributed by atoms with van der Waals surface area (Å²) in [5, 5.41) is 4.89. The lowest BCUT2D eigenvalue weighted by Crippen LogP contribution is -2.58. The monoisotopic (exact) mass is 571 g/mol. The zero-order valence-corrected chi connectivity index (χ0v) is 22.6. The molecule has 12 nitrogen and oxygen atoms in total. The molecule has 0 aliphatic carbocycles. The van der Waals surface area contributed by atoms with E-state index in [4.69, 9.17) is 35.3 Å². The number of halogens is 1. The number of ether oxygens (including phenoxy) is 5. The highest BCUT2D eigenvalue weighted by atomic mass is 35.5. The van der Waals surface area contributed by atoms with Gasteiger partial charge in [-0.25, -0.2) is 9.78 Å². The maximum atomic E-state index is 13.5. The minimum absolute atomic E-state index is 0.0603. The first-order valence-corrected chi connectivity index (χ1v) is 12.6. The predicted molar refractivity (Wildman–Crippen MR) is 138 cm³/mol. The molecule has 0 bridgehead atoms. The molecule has 0 spiro atoms. The van der Waals surface area contributed by atoms with E-state index in [1.54, 1.807) is 24.4 Å². The van der Waals surface area contributed by atoms with Gasteiger partial charge in [-0.1, -0.05) is 48.0 Å². The fraction of sp³-hybridized carbons (Fsp3) is 0.333. The zero-order valence-electron chi connectivity index (χ0n) is 21.8. The quantitative estimate of drug-likeness (QED) is 0.223. The van der Waals surface area contributed by atoms with Gasteiger partial charge >= 0.3 is 23.9 Å². The summed E-state index contributed by atoms with van der Waals surface area (Å²) in [6.07, 6.45) is -3.75. The Bertz CT molecular complexity index is 1380. The van der Waals surface area contributed by atoms with Crippen LogP contribution in [0.3, 0.4) is 0 Å². The molecule has 210 valence electrons. The van der Waals surface area contributed by atoms with Crippen LogP contribution in [0.1, 0.15) is 36.8 Å². The van der Waals surface area contributed by atoms with Crippen molar-refractivity contribution in [2.24, 2.45) is 0 Å². The van der Waals surface area contributed by atoms with Gasteiger partial charge in [0.1, 0.15) is 10.8 Å². The van der Waals surface area contributed by atoms with Crippen molar-refractivity contribution in [2.45, 2.75) is 51.9 Å². The lowest BCUT2D eigenvalue weighted by Gasteiger charge is -2.39. The highest BCUT2D eigenvalue weighted by Crippen LogP contribution is 2.27. The van der Waals surface area contributed by atoms with Gasteiger partial charge in [0.2, 0.25) is 12.4 Å². The van der Waals surface area contributed by atoms with Gasteiger partial charge in [-0.3, -0.25) is 19.1 Å². The number of carbonyl (C=O) groups is 4. The summed E-state index contributed by atoms with van der Waals surface area (Å²) in [5.74, 6) is -3.02. The van der Waals surface area contributed by atoms with E-state index < -0.39 is 48.5 Å². The molecule has 3 aromatic rings. The minimum atomic E-state index is -1.49. The van der Waals surface area contributed by atoms with Crippen LogP contribution in [-0.2, 0) is 44.6 Å². The van der Waals surface area contributed by atoms with E-state index in [0.29, 0.717) is 16.4 Å². The second kappa shape index (κ2) is 12.7. The summed E-state index contributed by atoms with van der Waals surface area (Å²) in [7, 11) is 0. The Morgan fingerprint density at radius 1 is 0.925 bits per heavy atom. The van der Waals surface area contributed by atoms with E-state index in [1.807, 2.05) is 30.3 Å². The topological polar surface area (TPSA) is 145 Å². The SMILES string of the molecule is CC(=O)O[C@@H]1[C@@H](OC(C)=O)[C@H](OC(=O)c2cc(-c3ccccc3)nn2Cc2ccc(Cl)nc2)OC[C@H]1OC(C)=O. The summed E-state index contributed by atoms with van der Waals surface area (Å²) in [4.78, 5) is 52.9. The molecule has 1 aliphatic rings. The Labute approximate surface area is 234 Å². The van der Waals surface area contributed by atoms with E-state index in [-0.39, 0.29) is 18.8 Å². The van der Waals surface area contributed by atoms with Gasteiger partial charge in [0, 0.05) is 32.5 Å². The van der Waals surface area contributed by atoms with Crippen LogP contribution in [0.4, 0.5) is 0 Å². The summed E-state index contributed by atoms with van der Waals surface area (Å²) in [5.41, 5.74) is 2.04. The molecule has 0 N–H and O–H groups in total. The van der Waals surface area contributed by atoms with Crippen LogP contribution in [0.15, 0.2) is 54.7 Å². The first-order chi connectivity index (χ1) is 19.1. The fourth-order valence-electron chi connectivity index (χ4n) is 4.10. The molecule has 1 aliphatic heterocycles. The van der Waals surface area contributed by atoms with Crippen LogP contribution in [0.25, 0.3) is 11.3 Å². The summed E-state index contributed by atoms with van der Waals surface area (Å²) < 4.78 is 28.5. The standard InChI is InChI=1S/C27H26ClN3O9/c1-15(32)37-22-14-36-27(25(39-17(3)34)24(22)38-16(2)33)40-26(35)21-11-20(19-7-5-4-6-8-19)30-31(21)13-18-9-10-23(28)29-12-18/h4-12,22,24-25,27H,13-14H2,1-3H3/t22-,24+,25-,27+/m1/s1. The summed E-state index contributed by atoms with van der Waals surface area (Å²) >= 11 is 5.90. The van der Waals surface area contributed by atoms with E-state index in [0.717, 1.165) is 19.4 Å². The van der Waals surface area contributed by atoms with Gasteiger partial charge in [0.15, 0.2) is 12.2 Å². The number of esters is 4. The van der Waals surface area contributed by atoms with Crippen molar-refractivity contribution >= 4 is 35.5 Å². The second-order valence-electron chi connectivity index (χ2n) is 8.83. The van der Waals surface area contributed by atoms with E-state index in [9.17, 15) is 19.2 Å². The van der Waals surface area contributed by atoms with Gasteiger partial charge in [-0.05, 0) is 17.7 Å². The van der Waals surface area contributed by atoms with Crippen molar-refractivity contribution in [3.63, 3.8) is 0 Å². The first kappa shape index (κ1) is 28.7. The van der Waals surface area contributed by atoms with Gasteiger partial charge in [-0.2, -0.15) is 5.10 Å². The zero-order chi connectivity index (χ0) is 28.8. The number of nitrogens with zero attached hydrogens (tertiary/aromatic N) is 3. The summed E-state index contributed by atoms with van der Waals surface area (Å²) in [6, 6.07) is 14.1. The molecule has 2 aromatic heterocycles. The molecule has 1 saturated heterocycles. The van der Waals surface area contributed by atoms with Crippen molar-refractivity contribution in [3.8, 4) is 11.3 Å². The normalized spacial score (nSPS) is 20.3. The van der Waals surface area contributed by atoms with E-state index in [2.05, 4.69) is 10.1 Å². The van der Waals surface area contributed by atoms with Gasteiger partial charge < -0.3 is 23.7 Å². The molecular formula is C27H26ClN3O9. The number of aromatic nitrogens is 3. The van der Waals surface area contributed by atoms with Crippen LogP contribution in [0.5, 0.6) is 0 Å². The number of pyridine rings is 1. The molecule has 0 unspecified atom stereocenters. The van der Waals surface area contributed by atoms with E-state index >= 15 is 0 Å². The average molecular weight is 572 g/mol. The Hall–Kier alpha value is -4.29. The van der Waals surface area contributed by atoms with Crippen molar-refractivity contribution < 1.29 is 42.9 Å². The van der Waals surface area contributed by atoms with Crippen LogP contribution in [0.2, 0.25) is 5.15 Å². The molecule has 4 atom stereocenters. The van der Waals surface area contributed by atoms with Crippen LogP contribution < -0.4 is 0 Å². The third kappa shape index (κ3) is 7.21. The molecule has 0 amide bonds. The molecule has 1 fully saturated rings. The predicted octanol–water partition coefficient (Wildman–Crippen LogP) is 2.96. The Morgan fingerprint density at radius 3 is 2.23 bits per heavy atom. The lowest BCUT2D eigenvalue weighted by atomic mass is 10.0. The van der Waals surface area contributed by atoms with Crippen LogP contribution >= 0.6 is 11.6 Å². The van der Waals surface area contributed by atoms with Crippen LogP contribution in [0, 0.1) is 0 Å². The Kier molecular flexibility index (Phi) is 9.12. The van der Waals surface area contributed by atoms with Crippen molar-refractivity contribution in [1.82, 2.24) is 14.8 Å². The maximum Gasteiger partial charge on any atom is 0.359 e. The molecule has 40 heavy (non-hydrogen) atoms. The number of rotatable bonds is 8. The first-order valence-electron chi connectivity index (χ1n) is 12.2. The van der Waals surface area contributed by atoms with Crippen LogP contribution in [-0.4, -0.2) is 69.9 Å². The Morgan fingerprint density at radius 2 is 1.60 bits per heavy atom. The van der Waals surface area contributed by atoms with Crippen molar-refractivity contribution in [2.75, 3.05) is 6.61 Å². The highest BCUT2D eigenvalue weighted by Gasteiger charge is 2.49. The fourth-order valence-corrected chi connectivity index (χ4v) is 4.21. The molecule has 0 radical (unpaired) electrons. The van der Waals surface area contributed by atoms with Gasteiger partial charge in [0.25, 0.3) is 0 Å². The Balaban J connectivity index is 1.65. The second-order valence-corrected chi connectivity index (χ2v) is 9.22. The van der Waals surface area contributed by atoms with Gasteiger partial charge in [0.05, 0.1) is 18.8 Å². The molecule has 0 saturated carbocycles. The number of carbonyl (C=O) groups excluding carboxylic acids is 4. The molecule has 4 rings (SSSR count). The third-order valence-electron chi connectivity index (χ3n) is 5.71. The number of hydrogen-bond donors (Lipinski definition) is 0. The molecule has 3 heterocycles. The minimum Gasteiger partial charge on any atom is -0.456 e. The third-order valence-corrected chi connectivity index (χ3v) is 5.93. The summed E-state index contributed by atoms with van der Waals surface area (Å²) in [6.45, 7) is 3.30. The largest absolute Gasteiger partial charge is 0.456 e. The number of hydrogen-bond acceptors (Lipinski definition) is 11. The van der Waals surface area contributed by atoms with E-state index in [1.165, 1.54) is 11.6 Å². The highest BCUT2D eigenvalue weighted by molar-refractivity contribution is 6.29. The maximum absolute atomic E-state index is 13.5. The average Bonchev–Trinajstić information content (AvgIpc) is 3.32. The smallest absolute Gasteiger partial charge is 0.359 e. The van der Waals surface area contributed by atoms with Crippen molar-refractivity contribution in [3.05, 3.63) is 71.1 Å². The lowest BCUT2D eigenvalue weighted by molar-refractivity contribution is -0.266. The molecule has 13 heteroatoms. The number of benzene rings is 1. The molecular weight excluding hydrogens is 546 g/mol. The molecule has 1 aromatic carbocycles. The van der Waals surface area contributed by atoms with Gasteiger partial charge in [-0.15, -0.1) is 0 Å².